The molecule has 1 fully saturated rings. The molecule has 6 heteroatoms. The Hall–Kier alpha value is -1.40. The highest BCUT2D eigenvalue weighted by molar-refractivity contribution is 7.88. The zero-order valence-corrected chi connectivity index (χ0v) is 11.7. The van der Waals surface area contributed by atoms with Crippen molar-refractivity contribution in [1.82, 2.24) is 4.31 Å². The van der Waals surface area contributed by atoms with E-state index in [0.717, 1.165) is 12.1 Å². The van der Waals surface area contributed by atoms with E-state index in [1.807, 2.05) is 30.3 Å². The lowest BCUT2D eigenvalue weighted by atomic mass is 10.0. The summed E-state index contributed by atoms with van der Waals surface area (Å²) in [5, 5.41) is 2.82. The zero-order chi connectivity index (χ0) is 13.9. The van der Waals surface area contributed by atoms with Crippen molar-refractivity contribution in [2.45, 2.75) is 12.8 Å². The lowest BCUT2D eigenvalue weighted by Crippen LogP contribution is -2.28. The molecule has 1 atom stereocenters. The number of para-hydroxylation sites is 1. The van der Waals surface area contributed by atoms with Gasteiger partial charge in [-0.05, 0) is 24.5 Å². The average Bonchev–Trinajstić information content (AvgIpc) is 2.78. The highest BCUT2D eigenvalue weighted by Crippen LogP contribution is 2.22. The van der Waals surface area contributed by atoms with Crippen molar-refractivity contribution in [3.8, 4) is 0 Å². The predicted molar refractivity (Wildman–Crippen MR) is 74.2 cm³/mol. The topological polar surface area (TPSA) is 66.5 Å². The molecule has 1 aromatic carbocycles. The summed E-state index contributed by atoms with van der Waals surface area (Å²) in [7, 11) is -3.13. The minimum atomic E-state index is -3.13. The quantitative estimate of drug-likeness (QED) is 0.905. The molecule has 1 saturated heterocycles. The van der Waals surface area contributed by atoms with Crippen LogP contribution >= 0.6 is 0 Å². The maximum Gasteiger partial charge on any atom is 0.224 e. The molecule has 1 aliphatic rings. The highest BCUT2D eigenvalue weighted by atomic mass is 32.2. The number of rotatable bonds is 4. The van der Waals surface area contributed by atoms with E-state index < -0.39 is 10.0 Å². The van der Waals surface area contributed by atoms with E-state index in [4.69, 9.17) is 0 Å². The van der Waals surface area contributed by atoms with Crippen molar-refractivity contribution in [2.75, 3.05) is 24.7 Å². The van der Waals surface area contributed by atoms with Crippen molar-refractivity contribution in [2.24, 2.45) is 5.92 Å². The van der Waals surface area contributed by atoms with E-state index in [9.17, 15) is 13.2 Å². The Kier molecular flexibility index (Phi) is 4.21. The minimum Gasteiger partial charge on any atom is -0.326 e. The molecular weight excluding hydrogens is 264 g/mol. The maximum absolute atomic E-state index is 11.8. The molecule has 1 aromatic rings. The van der Waals surface area contributed by atoms with E-state index in [-0.39, 0.29) is 11.8 Å². The Balaban J connectivity index is 1.84. The standard InChI is InChI=1S/C13H18N2O3S/c1-19(17,18)15-8-7-11(10-15)9-13(16)14-12-5-3-2-4-6-12/h2-6,11H,7-10H2,1H3,(H,14,16). The van der Waals surface area contributed by atoms with E-state index in [1.165, 1.54) is 10.6 Å². The van der Waals surface area contributed by atoms with Gasteiger partial charge in [0.15, 0.2) is 0 Å². The van der Waals surface area contributed by atoms with Gasteiger partial charge in [0.1, 0.15) is 0 Å². The van der Waals surface area contributed by atoms with Gasteiger partial charge in [0.2, 0.25) is 15.9 Å². The zero-order valence-electron chi connectivity index (χ0n) is 10.9. The van der Waals surface area contributed by atoms with E-state index in [1.54, 1.807) is 0 Å². The van der Waals surface area contributed by atoms with Gasteiger partial charge in [0.05, 0.1) is 6.26 Å². The van der Waals surface area contributed by atoms with Gasteiger partial charge in [-0.25, -0.2) is 12.7 Å². The van der Waals surface area contributed by atoms with Crippen LogP contribution in [-0.2, 0) is 14.8 Å². The van der Waals surface area contributed by atoms with Gasteiger partial charge in [0.25, 0.3) is 0 Å². The van der Waals surface area contributed by atoms with Gasteiger partial charge in [-0.15, -0.1) is 0 Å². The van der Waals surface area contributed by atoms with Crippen molar-refractivity contribution < 1.29 is 13.2 Å². The van der Waals surface area contributed by atoms with Crippen LogP contribution in [-0.4, -0.2) is 38.0 Å². The summed E-state index contributed by atoms with van der Waals surface area (Å²) in [5.74, 6) is 0.0463. The first-order chi connectivity index (χ1) is 8.95. The second kappa shape index (κ2) is 5.71. The SMILES string of the molecule is CS(=O)(=O)N1CCC(CC(=O)Nc2ccccc2)C1. The minimum absolute atomic E-state index is 0.0634. The number of hydrogen-bond acceptors (Lipinski definition) is 3. The summed E-state index contributed by atoms with van der Waals surface area (Å²) >= 11 is 0. The van der Waals surface area contributed by atoms with Crippen molar-refractivity contribution in [3.05, 3.63) is 30.3 Å². The Morgan fingerprint density at radius 1 is 1.37 bits per heavy atom. The van der Waals surface area contributed by atoms with Gasteiger partial charge >= 0.3 is 0 Å². The summed E-state index contributed by atoms with van der Waals surface area (Å²) in [6.07, 6.45) is 2.32. The molecule has 1 N–H and O–H groups in total. The molecule has 0 spiro atoms. The van der Waals surface area contributed by atoms with Gasteiger partial charge < -0.3 is 5.32 Å². The van der Waals surface area contributed by atoms with Crippen LogP contribution in [0.15, 0.2) is 30.3 Å². The van der Waals surface area contributed by atoms with Crippen molar-refractivity contribution in [3.63, 3.8) is 0 Å². The second-order valence-corrected chi connectivity index (χ2v) is 6.88. The fraction of sp³-hybridized carbons (Fsp3) is 0.462. The molecule has 1 heterocycles. The van der Waals surface area contributed by atoms with Crippen LogP contribution in [0.1, 0.15) is 12.8 Å². The molecule has 5 nitrogen and oxygen atoms in total. The van der Waals surface area contributed by atoms with Crippen LogP contribution in [0.25, 0.3) is 0 Å². The summed E-state index contributed by atoms with van der Waals surface area (Å²) in [5.41, 5.74) is 0.769. The number of nitrogens with one attached hydrogen (secondary N) is 1. The summed E-state index contributed by atoms with van der Waals surface area (Å²) in [6, 6.07) is 9.26. The smallest absolute Gasteiger partial charge is 0.224 e. The van der Waals surface area contributed by atoms with Crippen molar-refractivity contribution in [1.29, 1.82) is 0 Å². The summed E-state index contributed by atoms with van der Waals surface area (Å²) in [4.78, 5) is 11.8. The third kappa shape index (κ3) is 4.04. The predicted octanol–water partition coefficient (Wildman–Crippen LogP) is 1.30. The fourth-order valence-electron chi connectivity index (χ4n) is 2.26. The molecule has 1 aliphatic heterocycles. The third-order valence-corrected chi connectivity index (χ3v) is 4.52. The number of nitrogens with zero attached hydrogens (tertiary/aromatic N) is 1. The lowest BCUT2D eigenvalue weighted by Gasteiger charge is -2.13. The van der Waals surface area contributed by atoms with Crippen molar-refractivity contribution >= 4 is 21.6 Å². The summed E-state index contributed by atoms with van der Waals surface area (Å²) in [6.45, 7) is 0.961. The van der Waals surface area contributed by atoms with Crippen LogP contribution < -0.4 is 5.32 Å². The van der Waals surface area contributed by atoms with E-state index in [2.05, 4.69) is 5.32 Å². The van der Waals surface area contributed by atoms with Gasteiger partial charge in [-0.3, -0.25) is 4.79 Å². The van der Waals surface area contributed by atoms with Crippen LogP contribution in [0.5, 0.6) is 0 Å². The first-order valence-corrected chi connectivity index (χ1v) is 8.10. The molecule has 1 amide bonds. The second-order valence-electron chi connectivity index (χ2n) is 4.89. The number of sulfonamides is 1. The van der Waals surface area contributed by atoms with Crippen LogP contribution in [0.2, 0.25) is 0 Å². The molecule has 0 aliphatic carbocycles. The first-order valence-electron chi connectivity index (χ1n) is 6.25. The van der Waals surface area contributed by atoms with Gasteiger partial charge in [-0.1, -0.05) is 18.2 Å². The van der Waals surface area contributed by atoms with Gasteiger partial charge in [0, 0.05) is 25.2 Å². The van der Waals surface area contributed by atoms with Crippen LogP contribution in [0, 0.1) is 5.92 Å². The number of carbonyl (C=O) groups excluding carboxylic acids is 1. The number of amides is 1. The van der Waals surface area contributed by atoms with E-state index >= 15 is 0 Å². The molecule has 104 valence electrons. The van der Waals surface area contributed by atoms with Gasteiger partial charge in [-0.2, -0.15) is 0 Å². The maximum atomic E-state index is 11.8. The van der Waals surface area contributed by atoms with Crippen LogP contribution in [0.3, 0.4) is 0 Å². The lowest BCUT2D eigenvalue weighted by molar-refractivity contribution is -0.117. The molecule has 2 rings (SSSR count). The normalized spacial score (nSPS) is 20.4. The monoisotopic (exact) mass is 282 g/mol. The van der Waals surface area contributed by atoms with Crippen LogP contribution in [0.4, 0.5) is 5.69 Å². The molecule has 0 aromatic heterocycles. The molecule has 0 radical (unpaired) electrons. The van der Waals surface area contributed by atoms with E-state index in [0.29, 0.717) is 19.5 Å². The highest BCUT2D eigenvalue weighted by Gasteiger charge is 2.29. The molecule has 19 heavy (non-hydrogen) atoms. The fourth-order valence-corrected chi connectivity index (χ4v) is 3.18. The molecular formula is C13H18N2O3S. The summed E-state index contributed by atoms with van der Waals surface area (Å²) < 4.78 is 24.2. The molecule has 1 unspecified atom stereocenters. The number of anilines is 1. The Bertz CT molecular complexity index is 542. The Morgan fingerprint density at radius 3 is 2.63 bits per heavy atom. The Labute approximate surface area is 113 Å². The molecule has 0 saturated carbocycles. The number of carbonyl (C=O) groups is 1. The number of benzene rings is 1. The largest absolute Gasteiger partial charge is 0.326 e. The first kappa shape index (κ1) is 14.0. The average molecular weight is 282 g/mol. The Morgan fingerprint density at radius 2 is 2.05 bits per heavy atom. The number of hydrogen-bond donors (Lipinski definition) is 1. The third-order valence-electron chi connectivity index (χ3n) is 3.25. The molecule has 0 bridgehead atoms.